The minimum Gasteiger partial charge on any atom is -0.481 e. The molecule has 1 heterocycles. The highest BCUT2D eigenvalue weighted by atomic mass is 79.9. The van der Waals surface area contributed by atoms with Crippen molar-refractivity contribution in [2.45, 2.75) is 43.8 Å². The van der Waals surface area contributed by atoms with Gasteiger partial charge >= 0.3 is 5.97 Å². The number of carboxylic acid groups (broad SMARTS) is 1. The molecule has 26 heavy (non-hydrogen) atoms. The maximum atomic E-state index is 10.9. The van der Waals surface area contributed by atoms with Crippen LogP contribution in [0, 0.1) is 5.92 Å². The highest BCUT2D eigenvalue weighted by molar-refractivity contribution is 9.10. The molecule has 1 fully saturated rings. The average Bonchev–Trinajstić information content (AvgIpc) is 3.39. The fraction of sp³-hybridized carbons (Fsp3) is 0.421. The molecule has 0 aliphatic heterocycles. The molecule has 1 saturated carbocycles. The van der Waals surface area contributed by atoms with Crippen LogP contribution >= 0.6 is 27.7 Å². The average molecular weight is 434 g/mol. The van der Waals surface area contributed by atoms with Gasteiger partial charge in [-0.05, 0) is 69.3 Å². The van der Waals surface area contributed by atoms with Crippen molar-refractivity contribution in [3.05, 3.63) is 45.2 Å². The van der Waals surface area contributed by atoms with Gasteiger partial charge in [0.1, 0.15) is 0 Å². The van der Waals surface area contributed by atoms with Crippen LogP contribution in [0.15, 0.2) is 28.1 Å². The fourth-order valence-corrected chi connectivity index (χ4v) is 4.69. The van der Waals surface area contributed by atoms with E-state index < -0.39 is 5.97 Å². The Bertz CT molecular complexity index is 889. The summed E-state index contributed by atoms with van der Waals surface area (Å²) in [5, 5.41) is 17.7. The van der Waals surface area contributed by atoms with Crippen LogP contribution in [-0.4, -0.2) is 31.6 Å². The Hall–Kier alpha value is -1.60. The summed E-state index contributed by atoms with van der Waals surface area (Å²) in [5.41, 5.74) is 5.56. The number of benzene rings is 1. The molecule has 1 unspecified atom stereocenters. The van der Waals surface area contributed by atoms with Crippen molar-refractivity contribution in [2.24, 2.45) is 5.92 Å². The van der Waals surface area contributed by atoms with E-state index in [0.717, 1.165) is 12.3 Å². The number of carboxylic acids is 1. The van der Waals surface area contributed by atoms with Gasteiger partial charge in [-0.15, -0.1) is 10.2 Å². The normalized spacial score (nSPS) is 18.8. The Labute approximate surface area is 165 Å². The van der Waals surface area contributed by atoms with Crippen LogP contribution in [0.5, 0.6) is 0 Å². The Morgan fingerprint density at radius 1 is 1.38 bits per heavy atom. The van der Waals surface area contributed by atoms with E-state index >= 15 is 0 Å². The second-order valence-electron chi connectivity index (χ2n) is 7.04. The Morgan fingerprint density at radius 3 is 2.92 bits per heavy atom. The highest BCUT2D eigenvalue weighted by Crippen LogP contribution is 2.44. The van der Waals surface area contributed by atoms with Crippen molar-refractivity contribution < 1.29 is 9.90 Å². The summed E-state index contributed by atoms with van der Waals surface area (Å²) >= 11 is 4.64. The van der Waals surface area contributed by atoms with Crippen molar-refractivity contribution in [2.75, 3.05) is 5.75 Å². The van der Waals surface area contributed by atoms with Crippen LogP contribution in [0.4, 0.5) is 0 Å². The lowest BCUT2D eigenvalue weighted by atomic mass is 9.83. The zero-order valence-corrected chi connectivity index (χ0v) is 16.9. The third-order valence-corrected chi connectivity index (χ3v) is 6.48. The third kappa shape index (κ3) is 3.60. The molecule has 2 aliphatic carbocycles. The molecule has 1 N–H and O–H groups in total. The van der Waals surface area contributed by atoms with Crippen molar-refractivity contribution >= 4 is 39.7 Å². The maximum Gasteiger partial charge on any atom is 0.313 e. The van der Waals surface area contributed by atoms with Crippen molar-refractivity contribution in [1.82, 2.24) is 14.8 Å². The zero-order valence-electron chi connectivity index (χ0n) is 14.5. The maximum absolute atomic E-state index is 10.9. The van der Waals surface area contributed by atoms with Crippen LogP contribution in [-0.2, 0) is 17.8 Å². The van der Waals surface area contributed by atoms with Gasteiger partial charge in [0.05, 0.1) is 12.3 Å². The number of rotatable bonds is 6. The lowest BCUT2D eigenvalue weighted by molar-refractivity contribution is -0.133. The summed E-state index contributed by atoms with van der Waals surface area (Å²) in [4.78, 5) is 10.9. The zero-order chi connectivity index (χ0) is 18.3. The van der Waals surface area contributed by atoms with Gasteiger partial charge in [-0.1, -0.05) is 43.0 Å². The first-order valence-electron chi connectivity index (χ1n) is 8.79. The summed E-state index contributed by atoms with van der Waals surface area (Å²) in [7, 11) is 0. The summed E-state index contributed by atoms with van der Waals surface area (Å²) < 4.78 is 2.56. The van der Waals surface area contributed by atoms with Crippen LogP contribution in [0.1, 0.15) is 47.9 Å². The molecule has 2 aliphatic rings. The first-order chi connectivity index (χ1) is 12.5. The van der Waals surface area contributed by atoms with Gasteiger partial charge in [-0.25, -0.2) is 0 Å². The van der Waals surface area contributed by atoms with Gasteiger partial charge in [0.15, 0.2) is 5.16 Å². The molecule has 0 spiro atoms. The van der Waals surface area contributed by atoms with Gasteiger partial charge in [0.2, 0.25) is 4.73 Å². The summed E-state index contributed by atoms with van der Waals surface area (Å²) in [6.07, 6.45) is 8.24. The molecular weight excluding hydrogens is 414 g/mol. The first kappa shape index (κ1) is 17.8. The van der Waals surface area contributed by atoms with Crippen LogP contribution < -0.4 is 0 Å². The summed E-state index contributed by atoms with van der Waals surface area (Å²) in [5.74, 6) is 0.420. The first-order valence-corrected chi connectivity index (χ1v) is 10.6. The van der Waals surface area contributed by atoms with E-state index in [0.29, 0.717) is 22.4 Å². The lowest BCUT2D eigenvalue weighted by Crippen LogP contribution is -2.12. The second kappa shape index (κ2) is 7.19. The second-order valence-corrected chi connectivity index (χ2v) is 8.69. The lowest BCUT2D eigenvalue weighted by Gasteiger charge is -2.23. The van der Waals surface area contributed by atoms with Gasteiger partial charge in [0.25, 0.3) is 0 Å². The Morgan fingerprint density at radius 2 is 2.19 bits per heavy atom. The summed E-state index contributed by atoms with van der Waals surface area (Å²) in [6, 6.07) is 4.50. The summed E-state index contributed by atoms with van der Waals surface area (Å²) in [6.45, 7) is 2.89. The topological polar surface area (TPSA) is 68.0 Å². The number of carbonyl (C=O) groups is 1. The Kier molecular flexibility index (Phi) is 4.92. The van der Waals surface area contributed by atoms with E-state index in [4.69, 9.17) is 5.11 Å². The number of allylic oxidation sites excluding steroid dienone is 1. The number of thioether (sulfide) groups is 1. The predicted molar refractivity (Wildman–Crippen MR) is 106 cm³/mol. The van der Waals surface area contributed by atoms with Crippen molar-refractivity contribution in [3.8, 4) is 0 Å². The van der Waals surface area contributed by atoms with Crippen LogP contribution in [0.3, 0.4) is 0 Å². The van der Waals surface area contributed by atoms with E-state index in [1.165, 1.54) is 46.9 Å². The molecule has 4 rings (SSSR count). The molecule has 1 aromatic heterocycles. The number of aromatic nitrogens is 3. The Balaban J connectivity index is 1.68. The smallest absolute Gasteiger partial charge is 0.313 e. The van der Waals surface area contributed by atoms with E-state index in [1.807, 2.05) is 4.57 Å². The third-order valence-electron chi connectivity index (χ3n) is 4.94. The number of aliphatic carboxylic acids is 1. The predicted octanol–water partition coefficient (Wildman–Crippen LogP) is 4.35. The number of nitrogens with zero attached hydrogens (tertiary/aromatic N) is 3. The highest BCUT2D eigenvalue weighted by Gasteiger charge is 2.29. The van der Waals surface area contributed by atoms with Gasteiger partial charge < -0.3 is 5.11 Å². The van der Waals surface area contributed by atoms with Crippen molar-refractivity contribution in [1.29, 1.82) is 0 Å². The minimum absolute atomic E-state index is 0.0265. The molecule has 0 bridgehead atoms. The molecule has 2 aromatic rings. The number of hydrogen-bond acceptors (Lipinski definition) is 4. The quantitative estimate of drug-likeness (QED) is 0.685. The number of halogens is 1. The monoisotopic (exact) mass is 433 g/mol. The van der Waals surface area contributed by atoms with Crippen molar-refractivity contribution in [3.63, 3.8) is 0 Å². The van der Waals surface area contributed by atoms with E-state index in [2.05, 4.69) is 57.3 Å². The van der Waals surface area contributed by atoms with E-state index in [9.17, 15) is 4.79 Å². The minimum atomic E-state index is -0.858. The van der Waals surface area contributed by atoms with Crippen LogP contribution in [0.25, 0.3) is 6.08 Å². The standard InChI is InChI=1S/C19H20BrN3O2S/c1-11-2-6-15-13(5-7-14(12-3-4-12)16(15)8-11)9-23-18(20)21-22-19(23)26-10-17(24)25/h2,5-7,11-12H,3-4,8-10H2,1H3,(H,24,25). The van der Waals surface area contributed by atoms with Gasteiger partial charge in [0, 0.05) is 0 Å². The molecule has 136 valence electrons. The number of hydrogen-bond donors (Lipinski definition) is 1. The molecule has 1 atom stereocenters. The molecule has 5 nitrogen and oxygen atoms in total. The van der Waals surface area contributed by atoms with Gasteiger partial charge in [-0.3, -0.25) is 9.36 Å². The van der Waals surface area contributed by atoms with E-state index in [-0.39, 0.29) is 5.75 Å². The largest absolute Gasteiger partial charge is 0.481 e. The molecule has 7 heteroatoms. The fourth-order valence-electron chi connectivity index (χ4n) is 3.54. The molecule has 1 aromatic carbocycles. The molecule has 0 amide bonds. The molecular formula is C19H20BrN3O2S. The number of fused-ring (bicyclic) bond motifs is 1. The van der Waals surface area contributed by atoms with E-state index in [1.54, 1.807) is 0 Å². The van der Waals surface area contributed by atoms with Crippen LogP contribution in [0.2, 0.25) is 0 Å². The van der Waals surface area contributed by atoms with Gasteiger partial charge in [-0.2, -0.15) is 0 Å². The SMILES string of the molecule is CC1C=Cc2c(Cn3c(Br)nnc3SCC(=O)O)ccc(C3CC3)c2C1. The molecule has 0 saturated heterocycles. The molecule has 0 radical (unpaired) electrons.